The van der Waals surface area contributed by atoms with Crippen molar-refractivity contribution in [3.8, 4) is 0 Å². The lowest BCUT2D eigenvalue weighted by Crippen LogP contribution is -2.55. The van der Waals surface area contributed by atoms with Crippen LogP contribution in [0.3, 0.4) is 0 Å². The Morgan fingerprint density at radius 3 is 2.76 bits per heavy atom. The predicted molar refractivity (Wildman–Crippen MR) is 72.4 cm³/mol. The highest BCUT2D eigenvalue weighted by Crippen LogP contribution is 2.25. The molecule has 0 aromatic heterocycles. The summed E-state index contributed by atoms with van der Waals surface area (Å²) in [5.74, 6) is 0. The third-order valence-corrected chi connectivity index (χ3v) is 3.80. The molecule has 0 aliphatic carbocycles. The minimum Gasteiger partial charge on any atom is -0.399 e. The van der Waals surface area contributed by atoms with Crippen molar-refractivity contribution in [1.29, 1.82) is 0 Å². The molecule has 17 heavy (non-hydrogen) atoms. The molecule has 2 rings (SSSR count). The van der Waals surface area contributed by atoms with Crippen molar-refractivity contribution in [3.05, 3.63) is 29.3 Å². The predicted octanol–water partition coefficient (Wildman–Crippen LogP) is 2.24. The van der Waals surface area contributed by atoms with Crippen LogP contribution in [0.1, 0.15) is 37.3 Å². The van der Waals surface area contributed by atoms with Gasteiger partial charge in [0, 0.05) is 18.8 Å². The monoisotopic (exact) mass is 233 g/mol. The van der Waals surface area contributed by atoms with Gasteiger partial charge in [0.15, 0.2) is 0 Å². The van der Waals surface area contributed by atoms with Crippen molar-refractivity contribution in [3.63, 3.8) is 0 Å². The number of piperidine rings is 1. The molecule has 3 heteroatoms. The molecule has 1 atom stereocenters. The first-order valence-electron chi connectivity index (χ1n) is 6.38. The number of hydrogen-bond acceptors (Lipinski definition) is 3. The number of likely N-dealkylation sites (tertiary alicyclic amines) is 1. The zero-order valence-corrected chi connectivity index (χ0v) is 10.9. The number of nitrogen functional groups attached to an aromatic ring is 1. The van der Waals surface area contributed by atoms with E-state index in [-0.39, 0.29) is 5.66 Å². The van der Waals surface area contributed by atoms with E-state index in [1.165, 1.54) is 18.4 Å². The Bertz CT molecular complexity index is 398. The maximum Gasteiger partial charge on any atom is 0.0661 e. The minimum atomic E-state index is -0.169. The molecule has 1 fully saturated rings. The molecule has 1 unspecified atom stereocenters. The number of benzene rings is 1. The van der Waals surface area contributed by atoms with Gasteiger partial charge in [-0.05, 0) is 50.3 Å². The van der Waals surface area contributed by atoms with Gasteiger partial charge in [-0.25, -0.2) is 0 Å². The van der Waals surface area contributed by atoms with E-state index in [4.69, 9.17) is 11.5 Å². The standard InChI is InChI=1S/C14H23N3/c1-11-5-6-12(9-13(11)15)10-17-8-4-3-7-14(17,2)16/h5-6,9H,3-4,7-8,10,15-16H2,1-2H3. The Morgan fingerprint density at radius 1 is 1.35 bits per heavy atom. The van der Waals surface area contributed by atoms with Crippen molar-refractivity contribution >= 4 is 5.69 Å². The van der Waals surface area contributed by atoms with E-state index in [9.17, 15) is 0 Å². The highest BCUT2D eigenvalue weighted by atomic mass is 15.3. The summed E-state index contributed by atoms with van der Waals surface area (Å²) in [5.41, 5.74) is 15.4. The molecule has 1 aliphatic rings. The van der Waals surface area contributed by atoms with Crippen LogP contribution in [0.25, 0.3) is 0 Å². The molecule has 0 bridgehead atoms. The van der Waals surface area contributed by atoms with E-state index in [0.717, 1.165) is 30.8 Å². The highest BCUT2D eigenvalue weighted by molar-refractivity contribution is 5.48. The second-order valence-electron chi connectivity index (χ2n) is 5.43. The molecule has 0 saturated carbocycles. The van der Waals surface area contributed by atoms with Gasteiger partial charge in [-0.15, -0.1) is 0 Å². The Kier molecular flexibility index (Phi) is 3.40. The first-order chi connectivity index (χ1) is 7.99. The zero-order chi connectivity index (χ0) is 12.5. The summed E-state index contributed by atoms with van der Waals surface area (Å²) in [5, 5.41) is 0. The van der Waals surface area contributed by atoms with Gasteiger partial charge in [-0.3, -0.25) is 4.90 Å². The quantitative estimate of drug-likeness (QED) is 0.770. The van der Waals surface area contributed by atoms with Crippen LogP contribution >= 0.6 is 0 Å². The maximum absolute atomic E-state index is 6.33. The summed E-state index contributed by atoms with van der Waals surface area (Å²) >= 11 is 0. The highest BCUT2D eigenvalue weighted by Gasteiger charge is 2.29. The smallest absolute Gasteiger partial charge is 0.0661 e. The van der Waals surface area contributed by atoms with Gasteiger partial charge >= 0.3 is 0 Å². The van der Waals surface area contributed by atoms with Crippen molar-refractivity contribution in [2.75, 3.05) is 12.3 Å². The molecule has 1 heterocycles. The van der Waals surface area contributed by atoms with Gasteiger partial charge in [0.2, 0.25) is 0 Å². The number of nitrogens with two attached hydrogens (primary N) is 2. The van der Waals surface area contributed by atoms with E-state index in [0.29, 0.717) is 0 Å². The van der Waals surface area contributed by atoms with Crippen LogP contribution in [0, 0.1) is 6.92 Å². The van der Waals surface area contributed by atoms with Gasteiger partial charge in [-0.2, -0.15) is 0 Å². The largest absolute Gasteiger partial charge is 0.399 e. The van der Waals surface area contributed by atoms with Crippen LogP contribution in [0.4, 0.5) is 5.69 Å². The van der Waals surface area contributed by atoms with E-state index >= 15 is 0 Å². The lowest BCUT2D eigenvalue weighted by atomic mass is 9.97. The second kappa shape index (κ2) is 4.67. The first-order valence-corrected chi connectivity index (χ1v) is 6.38. The van der Waals surface area contributed by atoms with Crippen LogP contribution in [-0.2, 0) is 6.54 Å². The Balaban J connectivity index is 2.11. The molecule has 3 nitrogen and oxygen atoms in total. The SMILES string of the molecule is Cc1ccc(CN2CCCCC2(C)N)cc1N. The summed E-state index contributed by atoms with van der Waals surface area (Å²) in [6.45, 7) is 6.15. The molecular formula is C14H23N3. The summed E-state index contributed by atoms with van der Waals surface area (Å²) in [4.78, 5) is 2.36. The number of rotatable bonds is 2. The van der Waals surface area contributed by atoms with Crippen LogP contribution < -0.4 is 11.5 Å². The normalized spacial score (nSPS) is 26.1. The Hall–Kier alpha value is -1.06. The third kappa shape index (κ3) is 2.79. The molecule has 1 aromatic rings. The molecule has 0 radical (unpaired) electrons. The maximum atomic E-state index is 6.33. The Morgan fingerprint density at radius 2 is 2.12 bits per heavy atom. The van der Waals surface area contributed by atoms with Gasteiger partial charge < -0.3 is 11.5 Å². The first kappa shape index (κ1) is 12.4. The van der Waals surface area contributed by atoms with Gasteiger partial charge in [0.05, 0.1) is 5.66 Å². The molecular weight excluding hydrogens is 210 g/mol. The second-order valence-corrected chi connectivity index (χ2v) is 5.43. The van der Waals surface area contributed by atoms with Gasteiger partial charge in [0.25, 0.3) is 0 Å². The molecule has 1 saturated heterocycles. The van der Waals surface area contributed by atoms with Crippen molar-refractivity contribution in [2.24, 2.45) is 5.73 Å². The summed E-state index contributed by atoms with van der Waals surface area (Å²) in [6.07, 6.45) is 3.56. The molecule has 0 spiro atoms. The number of aryl methyl sites for hydroxylation is 1. The molecule has 4 N–H and O–H groups in total. The average Bonchev–Trinajstić information content (AvgIpc) is 2.26. The van der Waals surface area contributed by atoms with E-state index in [1.54, 1.807) is 0 Å². The molecule has 1 aromatic carbocycles. The molecule has 94 valence electrons. The van der Waals surface area contributed by atoms with E-state index in [2.05, 4.69) is 30.0 Å². The third-order valence-electron chi connectivity index (χ3n) is 3.80. The summed E-state index contributed by atoms with van der Waals surface area (Å²) in [7, 11) is 0. The van der Waals surface area contributed by atoms with Gasteiger partial charge in [0.1, 0.15) is 0 Å². The zero-order valence-electron chi connectivity index (χ0n) is 10.9. The molecule has 0 amide bonds. The summed E-state index contributed by atoms with van der Waals surface area (Å²) in [6, 6.07) is 6.30. The lowest BCUT2D eigenvalue weighted by molar-refractivity contribution is 0.0590. The lowest BCUT2D eigenvalue weighted by Gasteiger charge is -2.42. The molecule has 1 aliphatic heterocycles. The number of hydrogen-bond donors (Lipinski definition) is 2. The van der Waals surface area contributed by atoms with E-state index < -0.39 is 0 Å². The van der Waals surface area contributed by atoms with Crippen LogP contribution in [0.2, 0.25) is 0 Å². The van der Waals surface area contributed by atoms with Crippen molar-refractivity contribution in [1.82, 2.24) is 4.90 Å². The fourth-order valence-corrected chi connectivity index (χ4v) is 2.47. The number of anilines is 1. The van der Waals surface area contributed by atoms with E-state index in [1.807, 2.05) is 6.92 Å². The van der Waals surface area contributed by atoms with Gasteiger partial charge in [-0.1, -0.05) is 12.1 Å². The van der Waals surface area contributed by atoms with Crippen molar-refractivity contribution in [2.45, 2.75) is 45.3 Å². The van der Waals surface area contributed by atoms with Crippen LogP contribution in [0.15, 0.2) is 18.2 Å². The van der Waals surface area contributed by atoms with Crippen molar-refractivity contribution < 1.29 is 0 Å². The Labute approximate surface area is 104 Å². The summed E-state index contributed by atoms with van der Waals surface area (Å²) < 4.78 is 0. The number of nitrogens with zero attached hydrogens (tertiary/aromatic N) is 1. The fraction of sp³-hybridized carbons (Fsp3) is 0.571. The van der Waals surface area contributed by atoms with Crippen LogP contribution in [0.5, 0.6) is 0 Å². The minimum absolute atomic E-state index is 0.169. The fourth-order valence-electron chi connectivity index (χ4n) is 2.47. The van der Waals surface area contributed by atoms with Crippen LogP contribution in [-0.4, -0.2) is 17.1 Å². The average molecular weight is 233 g/mol. The topological polar surface area (TPSA) is 55.3 Å².